The smallest absolute Gasteiger partial charge is 0.258 e. The lowest BCUT2D eigenvalue weighted by molar-refractivity contribution is 0.764. The van der Waals surface area contributed by atoms with Crippen molar-refractivity contribution in [1.29, 1.82) is 0 Å². The Bertz CT molecular complexity index is 412. The Morgan fingerprint density at radius 1 is 1.47 bits per heavy atom. The second kappa shape index (κ2) is 4.66. The van der Waals surface area contributed by atoms with Gasteiger partial charge in [-0.25, -0.2) is 4.98 Å². The first kappa shape index (κ1) is 12.0. The summed E-state index contributed by atoms with van der Waals surface area (Å²) in [7, 11) is 5.45. The highest BCUT2D eigenvalue weighted by Gasteiger charge is 2.11. The standard InChI is InChI=1S/C10H16ClN3O/c1-7-8(5-6-11)9(15)14(4)10(12-7)13(2)3/h5-6H2,1-4H3. The van der Waals surface area contributed by atoms with Crippen molar-refractivity contribution < 1.29 is 0 Å². The van der Waals surface area contributed by atoms with Crippen LogP contribution in [0.15, 0.2) is 4.79 Å². The highest BCUT2D eigenvalue weighted by Crippen LogP contribution is 2.08. The number of hydrogen-bond donors (Lipinski definition) is 0. The maximum Gasteiger partial charge on any atom is 0.258 e. The van der Waals surface area contributed by atoms with Gasteiger partial charge in [0.25, 0.3) is 5.56 Å². The lowest BCUT2D eigenvalue weighted by atomic mass is 10.2. The molecule has 0 saturated heterocycles. The van der Waals surface area contributed by atoms with Gasteiger partial charge in [-0.1, -0.05) is 0 Å². The summed E-state index contributed by atoms with van der Waals surface area (Å²) >= 11 is 5.65. The van der Waals surface area contributed by atoms with E-state index in [-0.39, 0.29) is 5.56 Å². The minimum Gasteiger partial charge on any atom is -0.348 e. The van der Waals surface area contributed by atoms with E-state index in [1.54, 1.807) is 11.6 Å². The van der Waals surface area contributed by atoms with Crippen LogP contribution in [0.4, 0.5) is 5.95 Å². The fraction of sp³-hybridized carbons (Fsp3) is 0.600. The van der Waals surface area contributed by atoms with Crippen LogP contribution in [-0.2, 0) is 13.5 Å². The second-order valence-corrected chi connectivity index (χ2v) is 4.05. The number of nitrogens with zero attached hydrogens (tertiary/aromatic N) is 3. The van der Waals surface area contributed by atoms with Crippen molar-refractivity contribution in [1.82, 2.24) is 9.55 Å². The average molecular weight is 230 g/mol. The van der Waals surface area contributed by atoms with Gasteiger partial charge in [0, 0.05) is 38.3 Å². The normalized spacial score (nSPS) is 10.5. The largest absolute Gasteiger partial charge is 0.348 e. The third-order valence-corrected chi connectivity index (χ3v) is 2.50. The second-order valence-electron chi connectivity index (χ2n) is 3.67. The number of anilines is 1. The van der Waals surface area contributed by atoms with E-state index in [0.717, 1.165) is 5.69 Å². The van der Waals surface area contributed by atoms with Crippen LogP contribution in [-0.4, -0.2) is 29.5 Å². The van der Waals surface area contributed by atoms with Gasteiger partial charge >= 0.3 is 0 Å². The lowest BCUT2D eigenvalue weighted by Gasteiger charge is -2.17. The van der Waals surface area contributed by atoms with Gasteiger partial charge in [-0.05, 0) is 13.3 Å². The van der Waals surface area contributed by atoms with Crippen molar-refractivity contribution in [2.75, 3.05) is 24.9 Å². The van der Waals surface area contributed by atoms with Gasteiger partial charge in [-0.3, -0.25) is 9.36 Å². The first-order valence-corrected chi connectivity index (χ1v) is 5.32. The topological polar surface area (TPSA) is 38.1 Å². The van der Waals surface area contributed by atoms with Crippen molar-refractivity contribution in [2.24, 2.45) is 7.05 Å². The van der Waals surface area contributed by atoms with Crippen LogP contribution < -0.4 is 10.5 Å². The van der Waals surface area contributed by atoms with Crippen LogP contribution in [0.25, 0.3) is 0 Å². The molecule has 0 saturated carbocycles. The highest BCUT2D eigenvalue weighted by molar-refractivity contribution is 6.17. The number of aryl methyl sites for hydroxylation is 1. The number of aromatic nitrogens is 2. The molecule has 0 unspecified atom stereocenters. The molecule has 1 aromatic rings. The van der Waals surface area contributed by atoms with Gasteiger partial charge in [0.2, 0.25) is 5.95 Å². The fourth-order valence-corrected chi connectivity index (χ4v) is 1.71. The van der Waals surface area contributed by atoms with E-state index in [4.69, 9.17) is 11.6 Å². The van der Waals surface area contributed by atoms with Crippen LogP contribution in [0.2, 0.25) is 0 Å². The van der Waals surface area contributed by atoms with E-state index < -0.39 is 0 Å². The molecule has 0 atom stereocenters. The quantitative estimate of drug-likeness (QED) is 0.724. The molecule has 0 spiro atoms. The number of alkyl halides is 1. The SMILES string of the molecule is Cc1nc(N(C)C)n(C)c(=O)c1CCCl. The zero-order chi connectivity index (χ0) is 11.6. The maximum absolute atomic E-state index is 11.9. The summed E-state index contributed by atoms with van der Waals surface area (Å²) in [6, 6.07) is 0. The van der Waals surface area contributed by atoms with Gasteiger partial charge in [0.05, 0.1) is 0 Å². The Kier molecular flexibility index (Phi) is 3.74. The number of hydrogen-bond acceptors (Lipinski definition) is 3. The van der Waals surface area contributed by atoms with Gasteiger partial charge in [-0.2, -0.15) is 0 Å². The van der Waals surface area contributed by atoms with E-state index in [2.05, 4.69) is 4.98 Å². The van der Waals surface area contributed by atoms with E-state index in [0.29, 0.717) is 23.8 Å². The summed E-state index contributed by atoms with van der Waals surface area (Å²) in [6.45, 7) is 1.84. The summed E-state index contributed by atoms with van der Waals surface area (Å²) in [5.41, 5.74) is 1.47. The van der Waals surface area contributed by atoms with Gasteiger partial charge in [-0.15, -0.1) is 11.6 Å². The van der Waals surface area contributed by atoms with Crippen LogP contribution in [0, 0.1) is 6.92 Å². The Morgan fingerprint density at radius 3 is 2.53 bits per heavy atom. The number of halogens is 1. The molecule has 0 aliphatic rings. The van der Waals surface area contributed by atoms with Crippen molar-refractivity contribution >= 4 is 17.5 Å². The predicted molar refractivity (Wildman–Crippen MR) is 63.0 cm³/mol. The van der Waals surface area contributed by atoms with E-state index in [1.165, 1.54) is 0 Å². The third kappa shape index (κ3) is 2.31. The molecular formula is C10H16ClN3O. The molecule has 1 rings (SSSR count). The molecule has 1 aromatic heterocycles. The van der Waals surface area contributed by atoms with E-state index in [1.807, 2.05) is 25.9 Å². The zero-order valence-corrected chi connectivity index (χ0v) is 10.3. The Hall–Kier alpha value is -1.03. The molecular weight excluding hydrogens is 214 g/mol. The molecule has 0 amide bonds. The van der Waals surface area contributed by atoms with Gasteiger partial charge in [0.1, 0.15) is 0 Å². The number of rotatable bonds is 3. The van der Waals surface area contributed by atoms with Crippen LogP contribution in [0.5, 0.6) is 0 Å². The molecule has 4 nitrogen and oxygen atoms in total. The van der Waals surface area contributed by atoms with Crippen molar-refractivity contribution in [2.45, 2.75) is 13.3 Å². The molecule has 0 radical (unpaired) electrons. The third-order valence-electron chi connectivity index (χ3n) is 2.31. The first-order valence-electron chi connectivity index (χ1n) is 4.78. The highest BCUT2D eigenvalue weighted by atomic mass is 35.5. The Morgan fingerprint density at radius 2 is 2.07 bits per heavy atom. The Labute approximate surface area is 94.5 Å². The summed E-state index contributed by atoms with van der Waals surface area (Å²) in [4.78, 5) is 18.1. The summed E-state index contributed by atoms with van der Waals surface area (Å²) in [5.74, 6) is 1.11. The molecule has 0 N–H and O–H groups in total. The molecule has 15 heavy (non-hydrogen) atoms. The van der Waals surface area contributed by atoms with Crippen molar-refractivity contribution in [3.05, 3.63) is 21.6 Å². The fourth-order valence-electron chi connectivity index (χ4n) is 1.52. The molecule has 1 heterocycles. The zero-order valence-electron chi connectivity index (χ0n) is 9.54. The summed E-state index contributed by atoms with van der Waals surface area (Å²) in [5, 5.41) is 0. The molecule has 0 bridgehead atoms. The van der Waals surface area contributed by atoms with Crippen LogP contribution in [0.3, 0.4) is 0 Å². The lowest BCUT2D eigenvalue weighted by Crippen LogP contribution is -2.30. The van der Waals surface area contributed by atoms with Crippen LogP contribution >= 0.6 is 11.6 Å². The van der Waals surface area contributed by atoms with E-state index in [9.17, 15) is 4.79 Å². The molecule has 0 fully saturated rings. The molecule has 84 valence electrons. The first-order chi connectivity index (χ1) is 6.99. The van der Waals surface area contributed by atoms with Gasteiger partial charge < -0.3 is 4.90 Å². The minimum atomic E-state index is -0.00755. The van der Waals surface area contributed by atoms with Crippen molar-refractivity contribution in [3.63, 3.8) is 0 Å². The average Bonchev–Trinajstić information content (AvgIpc) is 2.18. The predicted octanol–water partition coefficient (Wildman–Crippen LogP) is 0.936. The minimum absolute atomic E-state index is 0.00755. The molecule has 5 heteroatoms. The van der Waals surface area contributed by atoms with Crippen molar-refractivity contribution in [3.8, 4) is 0 Å². The van der Waals surface area contributed by atoms with E-state index >= 15 is 0 Å². The Balaban J connectivity index is 3.38. The molecule has 0 aromatic carbocycles. The molecule has 0 aliphatic heterocycles. The monoisotopic (exact) mass is 229 g/mol. The van der Waals surface area contributed by atoms with Crippen LogP contribution in [0.1, 0.15) is 11.3 Å². The van der Waals surface area contributed by atoms with Gasteiger partial charge in [0.15, 0.2) is 0 Å². The summed E-state index contributed by atoms with van der Waals surface area (Å²) < 4.78 is 1.55. The summed E-state index contributed by atoms with van der Waals surface area (Å²) in [6.07, 6.45) is 0.570. The maximum atomic E-state index is 11.9. The molecule has 0 aliphatic carbocycles.